The molecule has 0 saturated carbocycles. The van der Waals surface area contributed by atoms with Crippen molar-refractivity contribution in [2.24, 2.45) is 5.92 Å². The number of nitrogens with one attached hydrogen (secondary N) is 1. The van der Waals surface area contributed by atoms with E-state index in [2.05, 4.69) is 33.0 Å². The summed E-state index contributed by atoms with van der Waals surface area (Å²) in [5, 5.41) is 3.45. The quantitative estimate of drug-likeness (QED) is 0.716. The second kappa shape index (κ2) is 6.55. The van der Waals surface area contributed by atoms with E-state index >= 15 is 0 Å². The summed E-state index contributed by atoms with van der Waals surface area (Å²) < 4.78 is 10.9. The van der Waals surface area contributed by atoms with Crippen LogP contribution in [0.1, 0.15) is 34.1 Å². The third kappa shape index (κ3) is 8.44. The van der Waals surface area contributed by atoms with E-state index in [4.69, 9.17) is 0 Å². The fraction of sp³-hybridized carbons (Fsp3) is 1.00. The monoisotopic (exact) mass is 205 g/mol. The largest absolute Gasteiger partial charge is 0.311 e. The summed E-state index contributed by atoms with van der Waals surface area (Å²) in [7, 11) is -0.687. The van der Waals surface area contributed by atoms with Gasteiger partial charge in [-0.25, -0.2) is 0 Å². The molecule has 2 nitrogen and oxygen atoms in total. The third-order valence-corrected chi connectivity index (χ3v) is 2.85. The standard InChI is InChI=1S/C10H23NOS/c1-8(2)6-9(3)11-10(4)7-13(5)12/h8-11H,6-7H2,1-5H3. The molecule has 0 aromatic carbocycles. The molecule has 13 heavy (non-hydrogen) atoms. The van der Waals surface area contributed by atoms with Crippen LogP contribution in [0.5, 0.6) is 0 Å². The minimum atomic E-state index is -0.687. The molecule has 0 radical (unpaired) electrons. The summed E-state index contributed by atoms with van der Waals surface area (Å²) in [6, 6.07) is 0.887. The molecule has 0 rings (SSSR count). The van der Waals surface area contributed by atoms with Crippen molar-refractivity contribution >= 4 is 10.8 Å². The van der Waals surface area contributed by atoms with Crippen LogP contribution in [0.4, 0.5) is 0 Å². The summed E-state index contributed by atoms with van der Waals surface area (Å²) in [5.41, 5.74) is 0. The Bertz CT molecular complexity index is 159. The summed E-state index contributed by atoms with van der Waals surface area (Å²) in [6.45, 7) is 8.73. The molecule has 80 valence electrons. The van der Waals surface area contributed by atoms with Crippen LogP contribution in [0, 0.1) is 5.92 Å². The number of rotatable bonds is 6. The van der Waals surface area contributed by atoms with Crippen molar-refractivity contribution in [3.8, 4) is 0 Å². The smallest absolute Gasteiger partial charge is 0.0383 e. The molecular formula is C10H23NOS. The van der Waals surface area contributed by atoms with Crippen molar-refractivity contribution in [2.75, 3.05) is 12.0 Å². The van der Waals surface area contributed by atoms with E-state index in [1.807, 2.05) is 0 Å². The van der Waals surface area contributed by atoms with Crippen LogP contribution in [-0.2, 0) is 10.8 Å². The van der Waals surface area contributed by atoms with Crippen LogP contribution in [0.15, 0.2) is 0 Å². The molecule has 0 heterocycles. The van der Waals surface area contributed by atoms with Gasteiger partial charge in [-0.1, -0.05) is 13.8 Å². The molecule has 0 bridgehead atoms. The maximum Gasteiger partial charge on any atom is 0.0383 e. The summed E-state index contributed by atoms with van der Waals surface area (Å²) >= 11 is 0. The molecule has 0 aliphatic rings. The lowest BCUT2D eigenvalue weighted by atomic mass is 10.0. The Balaban J connectivity index is 3.64. The van der Waals surface area contributed by atoms with E-state index in [0.717, 1.165) is 11.7 Å². The van der Waals surface area contributed by atoms with Crippen LogP contribution < -0.4 is 5.32 Å². The van der Waals surface area contributed by atoms with Crippen LogP contribution >= 0.6 is 0 Å². The Hall–Kier alpha value is 0.110. The molecule has 0 aliphatic carbocycles. The molecule has 0 spiro atoms. The molecule has 1 N–H and O–H groups in total. The van der Waals surface area contributed by atoms with Gasteiger partial charge in [0.05, 0.1) is 0 Å². The molecule has 0 aromatic heterocycles. The molecule has 3 atom stereocenters. The van der Waals surface area contributed by atoms with Crippen LogP contribution in [0.3, 0.4) is 0 Å². The van der Waals surface area contributed by atoms with Crippen LogP contribution in [0.2, 0.25) is 0 Å². The van der Waals surface area contributed by atoms with Gasteiger partial charge in [0, 0.05) is 34.9 Å². The maximum absolute atomic E-state index is 10.9. The Labute approximate surface area is 84.9 Å². The van der Waals surface area contributed by atoms with Crippen molar-refractivity contribution in [3.05, 3.63) is 0 Å². The Morgan fingerprint density at radius 1 is 1.15 bits per heavy atom. The van der Waals surface area contributed by atoms with Gasteiger partial charge < -0.3 is 5.32 Å². The highest BCUT2D eigenvalue weighted by molar-refractivity contribution is 7.84. The van der Waals surface area contributed by atoms with Gasteiger partial charge in [-0.05, 0) is 26.2 Å². The van der Waals surface area contributed by atoms with Crippen LogP contribution in [0.25, 0.3) is 0 Å². The minimum Gasteiger partial charge on any atom is -0.311 e. The Morgan fingerprint density at radius 2 is 1.69 bits per heavy atom. The summed E-state index contributed by atoms with van der Waals surface area (Å²) in [6.07, 6.45) is 2.94. The van der Waals surface area contributed by atoms with Crippen LogP contribution in [-0.4, -0.2) is 28.3 Å². The second-order valence-corrected chi connectivity index (χ2v) is 5.82. The molecule has 0 amide bonds. The average Bonchev–Trinajstić information content (AvgIpc) is 1.80. The molecule has 0 fully saturated rings. The minimum absolute atomic E-state index is 0.361. The van der Waals surface area contributed by atoms with E-state index in [0.29, 0.717) is 12.1 Å². The SMILES string of the molecule is CC(C)CC(C)NC(C)CS(C)=O. The zero-order valence-corrected chi connectivity index (χ0v) is 10.3. The van der Waals surface area contributed by atoms with Crippen molar-refractivity contribution in [1.82, 2.24) is 5.32 Å². The topological polar surface area (TPSA) is 29.1 Å². The van der Waals surface area contributed by atoms with Gasteiger partial charge in [-0.2, -0.15) is 0 Å². The first-order valence-electron chi connectivity index (χ1n) is 4.98. The zero-order chi connectivity index (χ0) is 10.4. The molecule has 3 unspecified atom stereocenters. The van der Waals surface area contributed by atoms with E-state index in [-0.39, 0.29) is 0 Å². The van der Waals surface area contributed by atoms with Crippen molar-refractivity contribution in [1.29, 1.82) is 0 Å². The molecule has 3 heteroatoms. The van der Waals surface area contributed by atoms with Gasteiger partial charge in [0.25, 0.3) is 0 Å². The van der Waals surface area contributed by atoms with E-state index in [9.17, 15) is 4.21 Å². The van der Waals surface area contributed by atoms with Gasteiger partial charge in [-0.15, -0.1) is 0 Å². The predicted molar refractivity (Wildman–Crippen MR) is 60.4 cm³/mol. The maximum atomic E-state index is 10.9. The molecule has 0 aliphatic heterocycles. The van der Waals surface area contributed by atoms with Gasteiger partial charge >= 0.3 is 0 Å². The lowest BCUT2D eigenvalue weighted by Crippen LogP contribution is -2.38. The highest BCUT2D eigenvalue weighted by atomic mass is 32.2. The highest BCUT2D eigenvalue weighted by Gasteiger charge is 2.09. The number of hydrogen-bond donors (Lipinski definition) is 1. The van der Waals surface area contributed by atoms with E-state index < -0.39 is 10.8 Å². The lowest BCUT2D eigenvalue weighted by Gasteiger charge is -2.20. The second-order valence-electron chi connectivity index (χ2n) is 4.34. The van der Waals surface area contributed by atoms with Gasteiger partial charge in [0.15, 0.2) is 0 Å². The number of hydrogen-bond acceptors (Lipinski definition) is 2. The fourth-order valence-electron chi connectivity index (χ4n) is 1.66. The van der Waals surface area contributed by atoms with Gasteiger partial charge in [-0.3, -0.25) is 4.21 Å². The molecule has 0 saturated heterocycles. The molecule has 0 aromatic rings. The summed E-state index contributed by atoms with van der Waals surface area (Å²) in [4.78, 5) is 0. The van der Waals surface area contributed by atoms with Crippen molar-refractivity contribution in [3.63, 3.8) is 0 Å². The average molecular weight is 205 g/mol. The van der Waals surface area contributed by atoms with E-state index in [1.54, 1.807) is 6.26 Å². The first kappa shape index (κ1) is 13.1. The Morgan fingerprint density at radius 3 is 2.08 bits per heavy atom. The van der Waals surface area contributed by atoms with Crippen molar-refractivity contribution in [2.45, 2.75) is 46.2 Å². The Kier molecular flexibility index (Phi) is 6.60. The fourth-order valence-corrected chi connectivity index (χ4v) is 2.46. The van der Waals surface area contributed by atoms with Crippen molar-refractivity contribution < 1.29 is 4.21 Å². The first-order chi connectivity index (χ1) is 5.91. The lowest BCUT2D eigenvalue weighted by molar-refractivity contribution is 0.415. The normalized spacial score (nSPS) is 18.6. The summed E-state index contributed by atoms with van der Waals surface area (Å²) in [5.74, 6) is 1.48. The van der Waals surface area contributed by atoms with E-state index in [1.165, 1.54) is 6.42 Å². The molecular weight excluding hydrogens is 182 g/mol. The first-order valence-corrected chi connectivity index (χ1v) is 6.70. The third-order valence-electron chi connectivity index (χ3n) is 1.88. The van der Waals surface area contributed by atoms with Gasteiger partial charge in [0.1, 0.15) is 0 Å². The zero-order valence-electron chi connectivity index (χ0n) is 9.46. The van der Waals surface area contributed by atoms with Gasteiger partial charge in [0.2, 0.25) is 0 Å². The predicted octanol–water partition coefficient (Wildman–Crippen LogP) is 1.78. The highest BCUT2D eigenvalue weighted by Crippen LogP contribution is 2.04.